The van der Waals surface area contributed by atoms with E-state index in [9.17, 15) is 19.2 Å². The Balaban J connectivity index is 1.79. The van der Waals surface area contributed by atoms with Crippen LogP contribution in [0.4, 0.5) is 0 Å². The highest BCUT2D eigenvalue weighted by Gasteiger charge is 2.13. The molecule has 2 aromatic carbocycles. The molecule has 3 aromatic rings. The molecule has 8 nitrogen and oxygen atoms in total. The van der Waals surface area contributed by atoms with E-state index in [1.807, 2.05) is 6.92 Å². The van der Waals surface area contributed by atoms with Gasteiger partial charge in [0.05, 0.1) is 17.4 Å². The number of nitrogens with one attached hydrogen (secondary N) is 1. The maximum atomic E-state index is 12.5. The minimum atomic E-state index is -0.714. The standard InChI is InChI=1S/C21H20N2O6/c1-3-28-18-9-8-14(13(2)24)10-15(18)12-29-19(25)11-23-21(27)17-7-5-4-6-16(17)20(26)22-23/h4-10H,3,11-12H2,1-2H3,(H,22,26). The summed E-state index contributed by atoms with van der Waals surface area (Å²) in [5, 5.41) is 2.86. The molecule has 0 saturated carbocycles. The van der Waals surface area contributed by atoms with E-state index >= 15 is 0 Å². The second-order valence-corrected chi connectivity index (χ2v) is 6.35. The average molecular weight is 396 g/mol. The number of hydrogen-bond donors (Lipinski definition) is 1. The fourth-order valence-corrected chi connectivity index (χ4v) is 2.90. The molecule has 3 rings (SSSR count). The first-order valence-electron chi connectivity index (χ1n) is 9.05. The Kier molecular flexibility index (Phi) is 5.92. The zero-order valence-electron chi connectivity index (χ0n) is 16.1. The lowest BCUT2D eigenvalue weighted by Crippen LogP contribution is -2.32. The molecule has 0 fully saturated rings. The van der Waals surface area contributed by atoms with Crippen LogP contribution in [0.15, 0.2) is 52.1 Å². The molecule has 0 saturated heterocycles. The Hall–Kier alpha value is -3.68. The van der Waals surface area contributed by atoms with E-state index in [4.69, 9.17) is 9.47 Å². The third-order valence-electron chi connectivity index (χ3n) is 4.33. The molecule has 0 aliphatic carbocycles. The number of nitrogens with zero attached hydrogens (tertiary/aromatic N) is 1. The quantitative estimate of drug-likeness (QED) is 0.484. The Morgan fingerprint density at radius 2 is 1.79 bits per heavy atom. The lowest BCUT2D eigenvalue weighted by atomic mass is 10.1. The van der Waals surface area contributed by atoms with Gasteiger partial charge in [0.15, 0.2) is 5.78 Å². The fourth-order valence-electron chi connectivity index (χ4n) is 2.90. The number of carbonyl (C=O) groups excluding carboxylic acids is 2. The first-order valence-corrected chi connectivity index (χ1v) is 9.05. The normalized spacial score (nSPS) is 10.7. The van der Waals surface area contributed by atoms with Gasteiger partial charge in [-0.25, -0.2) is 4.68 Å². The molecule has 0 bridgehead atoms. The predicted molar refractivity (Wildman–Crippen MR) is 106 cm³/mol. The summed E-state index contributed by atoms with van der Waals surface area (Å²) in [6.07, 6.45) is 0. The smallest absolute Gasteiger partial charge is 0.328 e. The summed E-state index contributed by atoms with van der Waals surface area (Å²) in [6, 6.07) is 11.2. The van der Waals surface area contributed by atoms with Gasteiger partial charge in [-0.05, 0) is 44.2 Å². The number of ether oxygens (including phenoxy) is 2. The van der Waals surface area contributed by atoms with Crippen LogP contribution >= 0.6 is 0 Å². The second-order valence-electron chi connectivity index (χ2n) is 6.35. The number of esters is 1. The SMILES string of the molecule is CCOc1ccc(C(C)=O)cc1COC(=O)Cn1[nH]c(=O)c2ccccc2c1=O. The number of rotatable bonds is 7. The molecule has 29 heavy (non-hydrogen) atoms. The highest BCUT2D eigenvalue weighted by Crippen LogP contribution is 2.22. The van der Waals surface area contributed by atoms with Gasteiger partial charge in [0.1, 0.15) is 18.9 Å². The number of aromatic amines is 1. The van der Waals surface area contributed by atoms with Crippen molar-refractivity contribution in [3.8, 4) is 5.75 Å². The summed E-state index contributed by atoms with van der Waals surface area (Å²) >= 11 is 0. The molecule has 0 aliphatic heterocycles. The van der Waals surface area contributed by atoms with Crippen LogP contribution in [0.5, 0.6) is 5.75 Å². The third-order valence-corrected chi connectivity index (χ3v) is 4.33. The minimum absolute atomic E-state index is 0.124. The van der Waals surface area contributed by atoms with Crippen molar-refractivity contribution in [3.05, 3.63) is 74.3 Å². The molecular formula is C21H20N2O6. The molecular weight excluding hydrogens is 376 g/mol. The summed E-state index contributed by atoms with van der Waals surface area (Å²) in [5.74, 6) is -0.337. The Morgan fingerprint density at radius 3 is 2.48 bits per heavy atom. The third kappa shape index (κ3) is 4.43. The summed E-state index contributed by atoms with van der Waals surface area (Å²) in [7, 11) is 0. The van der Waals surface area contributed by atoms with Crippen molar-refractivity contribution < 1.29 is 19.1 Å². The Bertz CT molecular complexity index is 1190. The maximum Gasteiger partial charge on any atom is 0.328 e. The van der Waals surface area contributed by atoms with Crippen LogP contribution < -0.4 is 15.9 Å². The van der Waals surface area contributed by atoms with Crippen molar-refractivity contribution in [2.75, 3.05) is 6.61 Å². The topological polar surface area (TPSA) is 107 Å². The van der Waals surface area contributed by atoms with Crippen molar-refractivity contribution in [1.29, 1.82) is 0 Å². The number of ketones is 1. The monoisotopic (exact) mass is 396 g/mol. The predicted octanol–water partition coefficient (Wildman–Crippen LogP) is 2.03. The van der Waals surface area contributed by atoms with Gasteiger partial charge < -0.3 is 9.47 Å². The van der Waals surface area contributed by atoms with Crippen molar-refractivity contribution in [1.82, 2.24) is 9.78 Å². The van der Waals surface area contributed by atoms with Gasteiger partial charge in [0, 0.05) is 11.1 Å². The Labute approximate surface area is 165 Å². The summed E-state index contributed by atoms with van der Waals surface area (Å²) in [5.41, 5.74) is 0.0355. The van der Waals surface area contributed by atoms with Gasteiger partial charge >= 0.3 is 5.97 Å². The van der Waals surface area contributed by atoms with Crippen LogP contribution in [0.3, 0.4) is 0 Å². The summed E-state index contributed by atoms with van der Waals surface area (Å²) in [6.45, 7) is 3.08. The second kappa shape index (κ2) is 8.55. The van der Waals surface area contributed by atoms with E-state index in [-0.39, 0.29) is 23.2 Å². The minimum Gasteiger partial charge on any atom is -0.493 e. The summed E-state index contributed by atoms with van der Waals surface area (Å²) in [4.78, 5) is 48.5. The molecule has 8 heteroatoms. The zero-order chi connectivity index (χ0) is 21.0. The average Bonchev–Trinajstić information content (AvgIpc) is 2.71. The number of Topliss-reactive ketones (excluding diaryl/α,β-unsaturated/α-hetero) is 1. The lowest BCUT2D eigenvalue weighted by molar-refractivity contribution is -0.146. The van der Waals surface area contributed by atoms with Crippen molar-refractivity contribution in [2.24, 2.45) is 0 Å². The number of hydrogen-bond acceptors (Lipinski definition) is 6. The van der Waals surface area contributed by atoms with E-state index in [1.165, 1.54) is 19.1 Å². The van der Waals surface area contributed by atoms with Crippen LogP contribution in [0, 0.1) is 0 Å². The highest BCUT2D eigenvalue weighted by atomic mass is 16.5. The lowest BCUT2D eigenvalue weighted by Gasteiger charge is -2.12. The number of H-pyrrole nitrogens is 1. The van der Waals surface area contributed by atoms with Crippen molar-refractivity contribution in [3.63, 3.8) is 0 Å². The van der Waals surface area contributed by atoms with Gasteiger partial charge in [-0.3, -0.25) is 24.3 Å². The molecule has 0 unspecified atom stereocenters. The highest BCUT2D eigenvalue weighted by molar-refractivity contribution is 5.94. The van der Waals surface area contributed by atoms with Crippen LogP contribution in [0.1, 0.15) is 29.8 Å². The first kappa shape index (κ1) is 20.1. The van der Waals surface area contributed by atoms with Gasteiger partial charge in [0.25, 0.3) is 11.1 Å². The molecule has 150 valence electrons. The van der Waals surface area contributed by atoms with E-state index in [2.05, 4.69) is 5.10 Å². The summed E-state index contributed by atoms with van der Waals surface area (Å²) < 4.78 is 11.7. The van der Waals surface area contributed by atoms with Crippen LogP contribution in [-0.4, -0.2) is 28.1 Å². The molecule has 1 N–H and O–H groups in total. The van der Waals surface area contributed by atoms with E-state index in [1.54, 1.807) is 30.3 Å². The molecule has 0 aliphatic rings. The van der Waals surface area contributed by atoms with Gasteiger partial charge in [-0.2, -0.15) is 0 Å². The molecule has 1 aromatic heterocycles. The van der Waals surface area contributed by atoms with Crippen molar-refractivity contribution >= 4 is 22.5 Å². The van der Waals surface area contributed by atoms with Crippen LogP contribution in [-0.2, 0) is 22.7 Å². The molecule has 0 radical (unpaired) electrons. The molecule has 0 spiro atoms. The molecule has 0 atom stereocenters. The Morgan fingerprint density at radius 1 is 1.07 bits per heavy atom. The van der Waals surface area contributed by atoms with Crippen LogP contribution in [0.25, 0.3) is 10.8 Å². The number of aromatic nitrogens is 2. The number of carbonyl (C=O) groups is 2. The fraction of sp³-hybridized carbons (Fsp3) is 0.238. The van der Waals surface area contributed by atoms with Crippen LogP contribution in [0.2, 0.25) is 0 Å². The van der Waals surface area contributed by atoms with E-state index in [0.717, 1.165) is 4.68 Å². The first-order chi connectivity index (χ1) is 13.9. The van der Waals surface area contributed by atoms with E-state index < -0.39 is 23.6 Å². The van der Waals surface area contributed by atoms with Gasteiger partial charge in [-0.15, -0.1) is 0 Å². The number of fused-ring (bicyclic) bond motifs is 1. The van der Waals surface area contributed by atoms with Gasteiger partial charge in [-0.1, -0.05) is 12.1 Å². The number of benzene rings is 2. The van der Waals surface area contributed by atoms with E-state index in [0.29, 0.717) is 23.5 Å². The molecule has 0 amide bonds. The maximum absolute atomic E-state index is 12.5. The van der Waals surface area contributed by atoms with Gasteiger partial charge in [0.2, 0.25) is 0 Å². The van der Waals surface area contributed by atoms with Crippen molar-refractivity contribution in [2.45, 2.75) is 27.0 Å². The largest absolute Gasteiger partial charge is 0.493 e. The molecule has 1 heterocycles. The zero-order valence-corrected chi connectivity index (χ0v) is 16.1.